The number of rotatable bonds is 4. The minimum atomic E-state index is -3.65. The van der Waals surface area contributed by atoms with E-state index in [9.17, 15) is 12.8 Å². The van der Waals surface area contributed by atoms with Crippen molar-refractivity contribution in [2.45, 2.75) is 43.7 Å². The predicted octanol–water partition coefficient (Wildman–Crippen LogP) is 3.98. The fourth-order valence-corrected chi connectivity index (χ4v) is 5.61. The number of benzene rings is 2. The van der Waals surface area contributed by atoms with Crippen molar-refractivity contribution < 1.29 is 12.8 Å². The van der Waals surface area contributed by atoms with Gasteiger partial charge < -0.3 is 4.57 Å². The molecule has 0 bridgehead atoms. The smallest absolute Gasteiger partial charge is 0.243 e. The van der Waals surface area contributed by atoms with Gasteiger partial charge in [0.05, 0.1) is 4.90 Å². The molecule has 4 rings (SSSR count). The van der Waals surface area contributed by atoms with Gasteiger partial charge in [0, 0.05) is 36.2 Å². The van der Waals surface area contributed by atoms with Crippen molar-refractivity contribution in [3.63, 3.8) is 0 Å². The second kappa shape index (κ2) is 6.77. The Kier molecular flexibility index (Phi) is 4.56. The maximum absolute atomic E-state index is 13.2. The third-order valence-corrected chi connectivity index (χ3v) is 7.59. The Morgan fingerprint density at radius 3 is 2.56 bits per heavy atom. The number of nitrogens with zero attached hydrogens (tertiary/aromatic N) is 2. The minimum Gasteiger partial charge on any atom is -0.345 e. The summed E-state index contributed by atoms with van der Waals surface area (Å²) < 4.78 is 42.9. The molecule has 1 aliphatic carbocycles. The molecule has 0 aliphatic heterocycles. The molecular formula is C21H23FN2O2S. The second-order valence-electron chi connectivity index (χ2n) is 7.06. The van der Waals surface area contributed by atoms with Crippen LogP contribution in [0.2, 0.25) is 0 Å². The molecule has 0 fully saturated rings. The number of para-hydroxylation sites is 1. The van der Waals surface area contributed by atoms with Crippen LogP contribution in [0, 0.1) is 5.82 Å². The Balaban J connectivity index is 1.69. The molecular weight excluding hydrogens is 363 g/mol. The van der Waals surface area contributed by atoms with Crippen molar-refractivity contribution in [2.24, 2.45) is 0 Å². The quantitative estimate of drug-likeness (QED) is 0.681. The Labute approximate surface area is 159 Å². The fourth-order valence-electron chi connectivity index (χ4n) is 4.22. The molecule has 0 saturated carbocycles. The first-order chi connectivity index (χ1) is 12.9. The molecule has 0 amide bonds. The van der Waals surface area contributed by atoms with Crippen LogP contribution in [-0.2, 0) is 29.4 Å². The molecule has 1 aliphatic rings. The van der Waals surface area contributed by atoms with E-state index in [-0.39, 0.29) is 10.9 Å². The number of sulfonamides is 1. The number of likely N-dealkylation sites (N-methyl/N-ethyl adjacent to an activating group) is 1. The first-order valence-electron chi connectivity index (χ1n) is 9.26. The number of hydrogen-bond donors (Lipinski definition) is 0. The van der Waals surface area contributed by atoms with E-state index in [0.29, 0.717) is 6.42 Å². The summed E-state index contributed by atoms with van der Waals surface area (Å²) in [6, 6.07) is 13.3. The summed E-state index contributed by atoms with van der Waals surface area (Å²) in [4.78, 5) is 0.133. The summed E-state index contributed by atoms with van der Waals surface area (Å²) in [6.45, 7) is 3.05. The van der Waals surface area contributed by atoms with Gasteiger partial charge in [0.15, 0.2) is 0 Å². The molecule has 0 radical (unpaired) electrons. The zero-order valence-corrected chi connectivity index (χ0v) is 16.3. The van der Waals surface area contributed by atoms with Gasteiger partial charge in [0.25, 0.3) is 0 Å². The first kappa shape index (κ1) is 18.2. The Morgan fingerprint density at radius 2 is 1.85 bits per heavy atom. The Bertz CT molecular complexity index is 1090. The molecule has 0 N–H and O–H groups in total. The van der Waals surface area contributed by atoms with Crippen LogP contribution < -0.4 is 0 Å². The van der Waals surface area contributed by atoms with E-state index in [0.717, 1.165) is 19.4 Å². The monoisotopic (exact) mass is 386 g/mol. The number of aromatic nitrogens is 1. The molecule has 1 heterocycles. The normalized spacial score (nSPS) is 17.4. The van der Waals surface area contributed by atoms with Gasteiger partial charge in [0.2, 0.25) is 10.0 Å². The van der Waals surface area contributed by atoms with Gasteiger partial charge in [-0.05, 0) is 62.1 Å². The van der Waals surface area contributed by atoms with E-state index < -0.39 is 15.8 Å². The lowest BCUT2D eigenvalue weighted by Gasteiger charge is -2.31. The molecule has 0 saturated heterocycles. The molecule has 1 aromatic heterocycles. The molecule has 4 nitrogen and oxygen atoms in total. The van der Waals surface area contributed by atoms with E-state index in [1.54, 1.807) is 7.05 Å². The van der Waals surface area contributed by atoms with Crippen LogP contribution in [0.15, 0.2) is 53.4 Å². The average molecular weight is 386 g/mol. The molecule has 3 aromatic rings. The standard InChI is InChI=1S/C21H23FN2O2S/c1-3-24-20-7-5-4-6-18(20)19-14-16(10-13-21(19)24)23(2)27(25,26)17-11-8-15(22)9-12-17/h4-9,11-12,16H,3,10,13-14H2,1-2H3/t16-/m1/s1. The Morgan fingerprint density at radius 1 is 1.15 bits per heavy atom. The van der Waals surface area contributed by atoms with Crippen molar-refractivity contribution in [1.29, 1.82) is 0 Å². The van der Waals surface area contributed by atoms with E-state index >= 15 is 0 Å². The van der Waals surface area contributed by atoms with Gasteiger partial charge >= 0.3 is 0 Å². The van der Waals surface area contributed by atoms with E-state index in [2.05, 4.69) is 23.6 Å². The molecule has 27 heavy (non-hydrogen) atoms. The van der Waals surface area contributed by atoms with Gasteiger partial charge in [-0.1, -0.05) is 18.2 Å². The third kappa shape index (κ3) is 2.97. The summed E-state index contributed by atoms with van der Waals surface area (Å²) in [7, 11) is -2.02. The molecule has 2 aromatic carbocycles. The van der Waals surface area contributed by atoms with Crippen LogP contribution in [-0.4, -0.2) is 30.4 Å². The third-order valence-electron chi connectivity index (χ3n) is 5.67. The molecule has 0 unspecified atom stereocenters. The molecule has 142 valence electrons. The predicted molar refractivity (Wildman–Crippen MR) is 105 cm³/mol. The summed E-state index contributed by atoms with van der Waals surface area (Å²) in [5.74, 6) is -0.439. The SMILES string of the molecule is CCn1c2c(c3ccccc31)C[C@H](N(C)S(=O)(=O)c1ccc(F)cc1)CC2. The zero-order valence-electron chi connectivity index (χ0n) is 15.5. The molecule has 0 spiro atoms. The number of aryl methyl sites for hydroxylation is 1. The van der Waals surface area contributed by atoms with Crippen molar-refractivity contribution in [3.05, 3.63) is 65.6 Å². The first-order valence-corrected chi connectivity index (χ1v) is 10.7. The summed E-state index contributed by atoms with van der Waals surface area (Å²) in [5, 5.41) is 1.21. The van der Waals surface area contributed by atoms with Crippen molar-refractivity contribution in [2.75, 3.05) is 7.05 Å². The van der Waals surface area contributed by atoms with Crippen LogP contribution in [0.5, 0.6) is 0 Å². The van der Waals surface area contributed by atoms with Gasteiger partial charge in [-0.3, -0.25) is 0 Å². The highest BCUT2D eigenvalue weighted by Crippen LogP contribution is 2.34. The fraction of sp³-hybridized carbons (Fsp3) is 0.333. The van der Waals surface area contributed by atoms with Crippen LogP contribution in [0.25, 0.3) is 10.9 Å². The minimum absolute atomic E-state index is 0.108. The van der Waals surface area contributed by atoms with E-state index in [1.807, 2.05) is 12.1 Å². The number of hydrogen-bond acceptors (Lipinski definition) is 2. The molecule has 1 atom stereocenters. The van der Waals surface area contributed by atoms with Crippen LogP contribution in [0.3, 0.4) is 0 Å². The van der Waals surface area contributed by atoms with E-state index in [4.69, 9.17) is 0 Å². The maximum Gasteiger partial charge on any atom is 0.243 e. The van der Waals surface area contributed by atoms with E-state index in [1.165, 1.54) is 50.7 Å². The number of fused-ring (bicyclic) bond motifs is 3. The van der Waals surface area contributed by atoms with Gasteiger partial charge in [-0.25, -0.2) is 12.8 Å². The summed E-state index contributed by atoms with van der Waals surface area (Å²) in [6.07, 6.45) is 2.33. The van der Waals surface area contributed by atoms with Gasteiger partial charge in [0.1, 0.15) is 5.82 Å². The Hall–Kier alpha value is -2.18. The second-order valence-corrected chi connectivity index (χ2v) is 9.06. The van der Waals surface area contributed by atoms with Crippen LogP contribution >= 0.6 is 0 Å². The summed E-state index contributed by atoms with van der Waals surface area (Å²) in [5.41, 5.74) is 3.79. The van der Waals surface area contributed by atoms with Crippen molar-refractivity contribution in [1.82, 2.24) is 8.87 Å². The van der Waals surface area contributed by atoms with Crippen molar-refractivity contribution in [3.8, 4) is 0 Å². The zero-order chi connectivity index (χ0) is 19.2. The highest BCUT2D eigenvalue weighted by atomic mass is 32.2. The van der Waals surface area contributed by atoms with Gasteiger partial charge in [-0.15, -0.1) is 0 Å². The largest absolute Gasteiger partial charge is 0.345 e. The summed E-state index contributed by atoms with van der Waals surface area (Å²) >= 11 is 0. The highest BCUT2D eigenvalue weighted by molar-refractivity contribution is 7.89. The average Bonchev–Trinajstić information content (AvgIpc) is 3.00. The van der Waals surface area contributed by atoms with Crippen LogP contribution in [0.1, 0.15) is 24.6 Å². The van der Waals surface area contributed by atoms with Crippen LogP contribution in [0.4, 0.5) is 4.39 Å². The van der Waals surface area contributed by atoms with Gasteiger partial charge in [-0.2, -0.15) is 4.31 Å². The lowest BCUT2D eigenvalue weighted by molar-refractivity contribution is 0.333. The van der Waals surface area contributed by atoms with Crippen molar-refractivity contribution >= 4 is 20.9 Å². The topological polar surface area (TPSA) is 42.3 Å². The lowest BCUT2D eigenvalue weighted by Crippen LogP contribution is -2.40. The molecule has 6 heteroatoms. The number of halogens is 1. The highest BCUT2D eigenvalue weighted by Gasteiger charge is 2.33. The maximum atomic E-state index is 13.2. The lowest BCUT2D eigenvalue weighted by atomic mass is 9.91.